The van der Waals surface area contributed by atoms with Crippen LogP contribution in [0.1, 0.15) is 33.5 Å². The van der Waals surface area contributed by atoms with E-state index >= 15 is 0 Å². The molecule has 5 rings (SSSR count). The van der Waals surface area contributed by atoms with Gasteiger partial charge >= 0.3 is 0 Å². The Bertz CT molecular complexity index is 1050. The number of aryl methyl sites for hydroxylation is 2. The molecule has 142 valence electrons. The quantitative estimate of drug-likeness (QED) is 0.750. The lowest BCUT2D eigenvalue weighted by Crippen LogP contribution is -2.50. The maximum Gasteiger partial charge on any atom is 0.270 e. The molecule has 2 aliphatic heterocycles. The van der Waals surface area contributed by atoms with Crippen molar-refractivity contribution in [2.75, 3.05) is 24.5 Å². The number of nitrogens with one attached hydrogen (secondary N) is 1. The van der Waals surface area contributed by atoms with Gasteiger partial charge in [0.15, 0.2) is 5.82 Å². The summed E-state index contributed by atoms with van der Waals surface area (Å²) in [6.07, 6.45) is 4.18. The van der Waals surface area contributed by atoms with Crippen LogP contribution in [0.15, 0.2) is 30.6 Å². The molecule has 8 nitrogen and oxygen atoms in total. The van der Waals surface area contributed by atoms with Crippen LogP contribution in [0.2, 0.25) is 0 Å². The third kappa shape index (κ3) is 2.72. The predicted octanol–water partition coefficient (Wildman–Crippen LogP) is 1.70. The first-order chi connectivity index (χ1) is 13.6. The minimum atomic E-state index is -0.134. The fourth-order valence-corrected chi connectivity index (χ4v) is 3.96. The largest absolute Gasteiger partial charge is 0.352 e. The number of aromatic nitrogens is 5. The smallest absolute Gasteiger partial charge is 0.270 e. The molecule has 1 fully saturated rings. The van der Waals surface area contributed by atoms with Crippen molar-refractivity contribution in [2.45, 2.75) is 26.3 Å². The van der Waals surface area contributed by atoms with E-state index in [0.717, 1.165) is 42.1 Å². The zero-order valence-electron chi connectivity index (χ0n) is 15.9. The first-order valence-electron chi connectivity index (χ1n) is 9.47. The van der Waals surface area contributed by atoms with E-state index in [4.69, 9.17) is 4.98 Å². The van der Waals surface area contributed by atoms with Crippen molar-refractivity contribution in [2.24, 2.45) is 0 Å². The Labute approximate surface area is 162 Å². The molecule has 1 amide bonds. The van der Waals surface area contributed by atoms with E-state index in [1.54, 1.807) is 12.4 Å². The Kier molecular flexibility index (Phi) is 3.85. The molecule has 2 aliphatic rings. The van der Waals surface area contributed by atoms with Crippen molar-refractivity contribution in [3.8, 4) is 11.4 Å². The van der Waals surface area contributed by atoms with E-state index in [9.17, 15) is 4.79 Å². The van der Waals surface area contributed by atoms with Crippen molar-refractivity contribution < 1.29 is 4.79 Å². The summed E-state index contributed by atoms with van der Waals surface area (Å²) in [6.45, 7) is 6.35. The summed E-state index contributed by atoms with van der Waals surface area (Å²) in [4.78, 5) is 28.2. The van der Waals surface area contributed by atoms with Crippen LogP contribution in [0.3, 0.4) is 0 Å². The van der Waals surface area contributed by atoms with Gasteiger partial charge in [-0.3, -0.25) is 14.5 Å². The van der Waals surface area contributed by atoms with Gasteiger partial charge in [-0.1, -0.05) is 0 Å². The van der Waals surface area contributed by atoms with Crippen molar-refractivity contribution in [3.05, 3.63) is 53.2 Å². The molecule has 0 aromatic carbocycles. The number of anilines is 1. The number of hydrogen-bond donors (Lipinski definition) is 1. The Morgan fingerprint density at radius 3 is 2.79 bits per heavy atom. The molecule has 5 heterocycles. The number of carbonyl (C=O) groups excluding carboxylic acids is 1. The Balaban J connectivity index is 1.51. The van der Waals surface area contributed by atoms with E-state index < -0.39 is 0 Å². The fourth-order valence-electron chi connectivity index (χ4n) is 3.96. The van der Waals surface area contributed by atoms with Crippen LogP contribution in [0.4, 0.5) is 5.82 Å². The number of pyridine rings is 1. The highest BCUT2D eigenvalue weighted by Crippen LogP contribution is 2.33. The van der Waals surface area contributed by atoms with Crippen LogP contribution in [0.5, 0.6) is 0 Å². The fraction of sp³-hybridized carbons (Fsp3) is 0.350. The monoisotopic (exact) mass is 375 g/mol. The second kappa shape index (κ2) is 6.40. The van der Waals surface area contributed by atoms with Gasteiger partial charge in [-0.05, 0) is 38.5 Å². The normalized spacial score (nSPS) is 16.5. The van der Waals surface area contributed by atoms with Crippen molar-refractivity contribution in [3.63, 3.8) is 0 Å². The lowest BCUT2D eigenvalue weighted by Gasteiger charge is -2.42. The van der Waals surface area contributed by atoms with Crippen molar-refractivity contribution >= 4 is 11.7 Å². The molecule has 8 heteroatoms. The van der Waals surface area contributed by atoms with E-state index in [1.807, 2.05) is 19.1 Å². The molecule has 3 aromatic heterocycles. The second-order valence-electron chi connectivity index (χ2n) is 7.38. The SMILES string of the molecule is Cc1cc(C)n(C2CN(c3nc(-c4cccnc4)nc4c3CCNC4=O)C2)n1. The number of hydrogen-bond acceptors (Lipinski definition) is 6. The van der Waals surface area contributed by atoms with Gasteiger partial charge in [-0.15, -0.1) is 0 Å². The number of amides is 1. The molecule has 0 spiro atoms. The lowest BCUT2D eigenvalue weighted by atomic mass is 10.0. The summed E-state index contributed by atoms with van der Waals surface area (Å²) in [5.41, 5.74) is 4.42. The first-order valence-corrected chi connectivity index (χ1v) is 9.47. The van der Waals surface area contributed by atoms with Gasteiger partial charge in [0.2, 0.25) is 0 Å². The molecule has 1 N–H and O–H groups in total. The van der Waals surface area contributed by atoms with Crippen LogP contribution >= 0.6 is 0 Å². The first kappa shape index (κ1) is 16.9. The van der Waals surface area contributed by atoms with Gasteiger partial charge < -0.3 is 10.2 Å². The van der Waals surface area contributed by atoms with Gasteiger partial charge in [0.05, 0.1) is 11.7 Å². The number of rotatable bonds is 3. The third-order valence-corrected chi connectivity index (χ3v) is 5.33. The molecule has 0 aliphatic carbocycles. The highest BCUT2D eigenvalue weighted by Gasteiger charge is 2.35. The van der Waals surface area contributed by atoms with Crippen LogP contribution < -0.4 is 10.2 Å². The predicted molar refractivity (Wildman–Crippen MR) is 104 cm³/mol. The highest BCUT2D eigenvalue weighted by atomic mass is 16.1. The van der Waals surface area contributed by atoms with Gasteiger partial charge in [0, 0.05) is 48.8 Å². The Morgan fingerprint density at radius 1 is 1.21 bits per heavy atom. The molecular weight excluding hydrogens is 354 g/mol. The van der Waals surface area contributed by atoms with Crippen molar-refractivity contribution in [1.29, 1.82) is 0 Å². The minimum Gasteiger partial charge on any atom is -0.352 e. The molecule has 28 heavy (non-hydrogen) atoms. The Hall–Kier alpha value is -3.29. The number of carbonyl (C=O) groups is 1. The summed E-state index contributed by atoms with van der Waals surface area (Å²) in [6, 6.07) is 6.17. The minimum absolute atomic E-state index is 0.134. The molecule has 3 aromatic rings. The van der Waals surface area contributed by atoms with Crippen LogP contribution in [-0.4, -0.2) is 50.3 Å². The van der Waals surface area contributed by atoms with Gasteiger partial charge in [0.1, 0.15) is 11.5 Å². The molecular formula is C20H21N7O. The zero-order valence-corrected chi connectivity index (χ0v) is 15.9. The summed E-state index contributed by atoms with van der Waals surface area (Å²) in [5.74, 6) is 1.26. The van der Waals surface area contributed by atoms with Gasteiger partial charge in [-0.2, -0.15) is 5.10 Å². The maximum atomic E-state index is 12.4. The molecule has 0 atom stereocenters. The summed E-state index contributed by atoms with van der Waals surface area (Å²) in [7, 11) is 0. The topological polar surface area (TPSA) is 88.8 Å². The maximum absolute atomic E-state index is 12.4. The van der Waals surface area contributed by atoms with E-state index in [-0.39, 0.29) is 5.91 Å². The molecule has 0 unspecified atom stereocenters. The summed E-state index contributed by atoms with van der Waals surface area (Å²) in [5, 5.41) is 7.50. The van der Waals surface area contributed by atoms with Crippen LogP contribution in [0.25, 0.3) is 11.4 Å². The molecule has 0 radical (unpaired) electrons. The van der Waals surface area contributed by atoms with E-state index in [1.165, 1.54) is 5.69 Å². The van der Waals surface area contributed by atoms with Crippen LogP contribution in [-0.2, 0) is 6.42 Å². The summed E-state index contributed by atoms with van der Waals surface area (Å²) >= 11 is 0. The Morgan fingerprint density at radius 2 is 2.07 bits per heavy atom. The molecule has 0 saturated carbocycles. The number of nitrogens with zero attached hydrogens (tertiary/aromatic N) is 6. The zero-order chi connectivity index (χ0) is 19.3. The summed E-state index contributed by atoms with van der Waals surface area (Å²) < 4.78 is 2.09. The van der Waals surface area contributed by atoms with Gasteiger partial charge in [0.25, 0.3) is 5.91 Å². The van der Waals surface area contributed by atoms with E-state index in [2.05, 4.69) is 43.0 Å². The highest BCUT2D eigenvalue weighted by molar-refractivity contribution is 5.96. The van der Waals surface area contributed by atoms with Crippen LogP contribution in [0, 0.1) is 13.8 Å². The van der Waals surface area contributed by atoms with E-state index in [0.29, 0.717) is 24.1 Å². The average Bonchev–Trinajstić information content (AvgIpc) is 2.99. The molecule has 0 bridgehead atoms. The second-order valence-corrected chi connectivity index (χ2v) is 7.38. The average molecular weight is 375 g/mol. The third-order valence-electron chi connectivity index (χ3n) is 5.33. The molecule has 1 saturated heterocycles. The number of fused-ring (bicyclic) bond motifs is 1. The van der Waals surface area contributed by atoms with Gasteiger partial charge in [-0.25, -0.2) is 9.97 Å². The van der Waals surface area contributed by atoms with Crippen molar-refractivity contribution in [1.82, 2.24) is 30.0 Å². The lowest BCUT2D eigenvalue weighted by molar-refractivity contribution is 0.0940. The standard InChI is InChI=1S/C20H21N7O/c1-12-8-13(2)27(25-12)15-10-26(11-15)19-16-5-7-22-20(28)17(16)23-18(24-19)14-4-3-6-21-9-14/h3-4,6,8-9,15H,5,7,10-11H2,1-2H3,(H,22,28).